The summed E-state index contributed by atoms with van der Waals surface area (Å²) >= 11 is 0. The van der Waals surface area contributed by atoms with Crippen LogP contribution in [-0.2, 0) is 6.18 Å². The average Bonchev–Trinajstić information content (AvgIpc) is 2.80. The standard InChI is InChI=1S/C14H9F4N3/c15-8-2-4-11-12(6-8)21-13(20-11)9-3-1-7(5-10(9)19)14(16,17)18/h1-6H,19H2,(H,20,21). The average molecular weight is 295 g/mol. The van der Waals surface area contributed by atoms with Gasteiger partial charge in [0.2, 0.25) is 0 Å². The van der Waals surface area contributed by atoms with Gasteiger partial charge in [-0.3, -0.25) is 0 Å². The Labute approximate surface area is 116 Å². The lowest BCUT2D eigenvalue weighted by atomic mass is 10.1. The molecule has 2 aromatic carbocycles. The van der Waals surface area contributed by atoms with Crippen LogP contribution in [0.25, 0.3) is 22.4 Å². The summed E-state index contributed by atoms with van der Waals surface area (Å²) in [7, 11) is 0. The highest BCUT2D eigenvalue weighted by atomic mass is 19.4. The zero-order chi connectivity index (χ0) is 15.2. The van der Waals surface area contributed by atoms with E-state index in [1.807, 2.05) is 0 Å². The van der Waals surface area contributed by atoms with Crippen molar-refractivity contribution in [3.63, 3.8) is 0 Å². The van der Waals surface area contributed by atoms with E-state index in [0.29, 0.717) is 22.4 Å². The molecule has 0 saturated heterocycles. The summed E-state index contributed by atoms with van der Waals surface area (Å²) < 4.78 is 50.9. The molecule has 21 heavy (non-hydrogen) atoms. The molecule has 108 valence electrons. The summed E-state index contributed by atoms with van der Waals surface area (Å²) in [6.07, 6.45) is -4.45. The highest BCUT2D eigenvalue weighted by molar-refractivity contribution is 5.82. The first kappa shape index (κ1) is 13.4. The van der Waals surface area contributed by atoms with Crippen LogP contribution in [0.1, 0.15) is 5.56 Å². The molecule has 0 saturated carbocycles. The van der Waals surface area contributed by atoms with E-state index in [4.69, 9.17) is 5.73 Å². The number of aromatic nitrogens is 2. The molecule has 0 aliphatic carbocycles. The van der Waals surface area contributed by atoms with Gasteiger partial charge in [-0.25, -0.2) is 9.37 Å². The van der Waals surface area contributed by atoms with Crippen LogP contribution in [0.5, 0.6) is 0 Å². The molecule has 1 aromatic heterocycles. The molecule has 0 aliphatic heterocycles. The van der Waals surface area contributed by atoms with Crippen molar-refractivity contribution in [2.24, 2.45) is 0 Å². The Bertz CT molecular complexity index is 821. The number of H-pyrrole nitrogens is 1. The maximum atomic E-state index is 13.1. The number of nitrogen functional groups attached to an aromatic ring is 1. The fraction of sp³-hybridized carbons (Fsp3) is 0.0714. The van der Waals surface area contributed by atoms with E-state index in [-0.39, 0.29) is 5.69 Å². The molecule has 3 aromatic rings. The van der Waals surface area contributed by atoms with E-state index in [9.17, 15) is 17.6 Å². The summed E-state index contributed by atoms with van der Waals surface area (Å²) in [4.78, 5) is 7.03. The van der Waals surface area contributed by atoms with Gasteiger partial charge in [-0.2, -0.15) is 13.2 Å². The fourth-order valence-electron chi connectivity index (χ4n) is 2.06. The number of imidazole rings is 1. The maximum Gasteiger partial charge on any atom is 0.416 e. The molecule has 0 spiro atoms. The van der Waals surface area contributed by atoms with Crippen LogP contribution in [0.15, 0.2) is 36.4 Å². The first-order valence-corrected chi connectivity index (χ1v) is 5.97. The van der Waals surface area contributed by atoms with Gasteiger partial charge in [0, 0.05) is 11.3 Å². The van der Waals surface area contributed by atoms with Crippen molar-refractivity contribution in [2.45, 2.75) is 6.18 Å². The number of fused-ring (bicyclic) bond motifs is 1. The van der Waals surface area contributed by atoms with E-state index in [0.717, 1.165) is 12.1 Å². The van der Waals surface area contributed by atoms with E-state index >= 15 is 0 Å². The molecule has 0 aliphatic rings. The second-order valence-corrected chi connectivity index (χ2v) is 4.55. The van der Waals surface area contributed by atoms with Crippen molar-refractivity contribution in [1.29, 1.82) is 0 Å². The molecule has 3 N–H and O–H groups in total. The van der Waals surface area contributed by atoms with Crippen molar-refractivity contribution in [1.82, 2.24) is 9.97 Å². The van der Waals surface area contributed by atoms with Gasteiger partial charge in [0.1, 0.15) is 11.6 Å². The molecular weight excluding hydrogens is 286 g/mol. The van der Waals surface area contributed by atoms with E-state index in [2.05, 4.69) is 9.97 Å². The second-order valence-electron chi connectivity index (χ2n) is 4.55. The topological polar surface area (TPSA) is 54.7 Å². The lowest BCUT2D eigenvalue weighted by Gasteiger charge is -2.09. The van der Waals surface area contributed by atoms with Gasteiger partial charge in [-0.15, -0.1) is 0 Å². The van der Waals surface area contributed by atoms with Gasteiger partial charge >= 0.3 is 6.18 Å². The number of nitrogens with two attached hydrogens (primary N) is 1. The number of nitrogens with zero attached hydrogens (tertiary/aromatic N) is 1. The third kappa shape index (κ3) is 2.42. The Kier molecular flexibility index (Phi) is 2.86. The van der Waals surface area contributed by atoms with Crippen LogP contribution in [-0.4, -0.2) is 9.97 Å². The zero-order valence-electron chi connectivity index (χ0n) is 10.5. The number of benzene rings is 2. The van der Waals surface area contributed by atoms with Gasteiger partial charge in [-0.1, -0.05) is 0 Å². The van der Waals surface area contributed by atoms with Crippen LogP contribution in [0.3, 0.4) is 0 Å². The fourth-order valence-corrected chi connectivity index (χ4v) is 2.06. The number of hydrogen-bond acceptors (Lipinski definition) is 2. The highest BCUT2D eigenvalue weighted by Crippen LogP contribution is 2.34. The minimum absolute atomic E-state index is 0.0515. The molecule has 0 amide bonds. The number of anilines is 1. The molecule has 0 fully saturated rings. The molecular formula is C14H9F4N3. The molecule has 0 radical (unpaired) electrons. The van der Waals surface area contributed by atoms with Gasteiger partial charge in [0.25, 0.3) is 0 Å². The lowest BCUT2D eigenvalue weighted by Crippen LogP contribution is -2.06. The lowest BCUT2D eigenvalue weighted by molar-refractivity contribution is -0.137. The van der Waals surface area contributed by atoms with Crippen LogP contribution >= 0.6 is 0 Å². The number of halogens is 4. The number of alkyl halides is 3. The largest absolute Gasteiger partial charge is 0.416 e. The SMILES string of the molecule is Nc1cc(C(F)(F)F)ccc1-c1nc2ccc(F)cc2[nH]1. The Morgan fingerprint density at radius 3 is 2.48 bits per heavy atom. The van der Waals surface area contributed by atoms with Gasteiger partial charge in [0.05, 0.1) is 16.6 Å². The summed E-state index contributed by atoms with van der Waals surface area (Å²) in [5.74, 6) is -0.139. The zero-order valence-corrected chi connectivity index (χ0v) is 10.5. The van der Waals surface area contributed by atoms with Crippen molar-refractivity contribution in [3.8, 4) is 11.4 Å². The highest BCUT2D eigenvalue weighted by Gasteiger charge is 2.31. The minimum Gasteiger partial charge on any atom is -0.398 e. The second kappa shape index (κ2) is 4.47. The Balaban J connectivity index is 2.10. The number of aromatic amines is 1. The Hall–Kier alpha value is -2.57. The third-order valence-corrected chi connectivity index (χ3v) is 3.08. The summed E-state index contributed by atoms with van der Waals surface area (Å²) in [6.45, 7) is 0. The van der Waals surface area contributed by atoms with Crippen molar-refractivity contribution >= 4 is 16.7 Å². The Morgan fingerprint density at radius 1 is 1.05 bits per heavy atom. The summed E-state index contributed by atoms with van der Waals surface area (Å²) in [6, 6.07) is 7.01. The molecule has 0 bridgehead atoms. The quantitative estimate of drug-likeness (QED) is 0.527. The van der Waals surface area contributed by atoms with Crippen LogP contribution in [0.4, 0.5) is 23.2 Å². The third-order valence-electron chi connectivity index (χ3n) is 3.08. The van der Waals surface area contributed by atoms with Gasteiger partial charge in [-0.05, 0) is 36.4 Å². The molecule has 0 atom stereocenters. The molecule has 3 nitrogen and oxygen atoms in total. The number of nitrogens with one attached hydrogen (secondary N) is 1. The normalized spacial score (nSPS) is 12.0. The van der Waals surface area contributed by atoms with Crippen molar-refractivity contribution in [2.75, 3.05) is 5.73 Å². The minimum atomic E-state index is -4.45. The smallest absolute Gasteiger partial charge is 0.398 e. The first-order chi connectivity index (χ1) is 9.84. The van der Waals surface area contributed by atoms with E-state index in [1.165, 1.54) is 24.3 Å². The van der Waals surface area contributed by atoms with E-state index < -0.39 is 17.6 Å². The Morgan fingerprint density at radius 2 is 1.81 bits per heavy atom. The van der Waals surface area contributed by atoms with Crippen LogP contribution in [0, 0.1) is 5.82 Å². The first-order valence-electron chi connectivity index (χ1n) is 5.97. The summed E-state index contributed by atoms with van der Waals surface area (Å²) in [5.41, 5.74) is 6.08. The maximum absolute atomic E-state index is 13.1. The predicted octanol–water partition coefficient (Wildman–Crippen LogP) is 3.97. The van der Waals surface area contributed by atoms with Crippen LogP contribution < -0.4 is 5.73 Å². The van der Waals surface area contributed by atoms with Crippen molar-refractivity contribution in [3.05, 3.63) is 47.8 Å². The predicted molar refractivity (Wildman–Crippen MR) is 70.9 cm³/mol. The van der Waals surface area contributed by atoms with Crippen LogP contribution in [0.2, 0.25) is 0 Å². The van der Waals surface area contributed by atoms with Gasteiger partial charge < -0.3 is 10.7 Å². The molecule has 7 heteroatoms. The number of hydrogen-bond donors (Lipinski definition) is 2. The molecule has 3 rings (SSSR count). The summed E-state index contributed by atoms with van der Waals surface area (Å²) in [5, 5.41) is 0. The van der Waals surface area contributed by atoms with E-state index in [1.54, 1.807) is 0 Å². The molecule has 0 unspecified atom stereocenters. The number of rotatable bonds is 1. The van der Waals surface area contributed by atoms with Crippen molar-refractivity contribution < 1.29 is 17.6 Å². The van der Waals surface area contributed by atoms with Gasteiger partial charge in [0.15, 0.2) is 0 Å². The monoisotopic (exact) mass is 295 g/mol. The molecule has 1 heterocycles.